The summed E-state index contributed by atoms with van der Waals surface area (Å²) in [6, 6.07) is 14.4. The molecule has 0 bridgehead atoms. The number of halogens is 1. The fraction of sp³-hybridized carbons (Fsp3) is 0.500. The first kappa shape index (κ1) is 24.2. The quantitative estimate of drug-likeness (QED) is 0.566. The average Bonchev–Trinajstić information content (AvgIpc) is 2.76. The lowest BCUT2D eigenvalue weighted by atomic mass is 10.0. The zero-order valence-electron chi connectivity index (χ0n) is 19.5. The van der Waals surface area contributed by atoms with Crippen LogP contribution in [0, 0.1) is 11.7 Å². The maximum absolute atomic E-state index is 13.3. The van der Waals surface area contributed by atoms with Crippen molar-refractivity contribution in [3.8, 4) is 5.75 Å². The highest BCUT2D eigenvalue weighted by Gasteiger charge is 2.34. The number of rotatable bonds is 9. The van der Waals surface area contributed by atoms with Crippen LogP contribution >= 0.6 is 0 Å². The van der Waals surface area contributed by atoms with E-state index in [0.717, 1.165) is 29.7 Å². The lowest BCUT2D eigenvalue weighted by Crippen LogP contribution is -2.53. The van der Waals surface area contributed by atoms with E-state index in [0.29, 0.717) is 45.0 Å². The van der Waals surface area contributed by atoms with Crippen LogP contribution in [0.4, 0.5) is 4.39 Å². The summed E-state index contributed by atoms with van der Waals surface area (Å²) in [5.41, 5.74) is 2.01. The van der Waals surface area contributed by atoms with Gasteiger partial charge in [-0.05, 0) is 47.7 Å². The molecule has 0 aliphatic carbocycles. The highest BCUT2D eigenvalue weighted by molar-refractivity contribution is 5.77. The van der Waals surface area contributed by atoms with E-state index < -0.39 is 0 Å². The molecule has 0 atom stereocenters. The van der Waals surface area contributed by atoms with Gasteiger partial charge in [-0.15, -0.1) is 0 Å². The molecule has 174 valence electrons. The van der Waals surface area contributed by atoms with Crippen molar-refractivity contribution >= 4 is 5.91 Å². The Labute approximate surface area is 191 Å². The molecule has 2 aromatic carbocycles. The predicted octanol–water partition coefficient (Wildman–Crippen LogP) is 4.82. The molecule has 0 aromatic heterocycles. The number of hydrogen-bond acceptors (Lipinski definition) is 3. The van der Waals surface area contributed by atoms with Gasteiger partial charge in [0, 0.05) is 31.8 Å². The van der Waals surface area contributed by atoms with Crippen molar-refractivity contribution in [2.75, 3.05) is 26.7 Å². The van der Waals surface area contributed by atoms with Gasteiger partial charge in [0.1, 0.15) is 24.7 Å². The van der Waals surface area contributed by atoms with Crippen LogP contribution in [0.25, 0.3) is 0 Å². The molecule has 3 rings (SSSR count). The number of carbonyl (C=O) groups is 1. The Bertz CT molecular complexity index is 856. The first-order valence-electron chi connectivity index (χ1n) is 11.5. The predicted molar refractivity (Wildman–Crippen MR) is 123 cm³/mol. The molecule has 1 saturated heterocycles. The fourth-order valence-corrected chi connectivity index (χ4v) is 4.04. The zero-order valence-corrected chi connectivity index (χ0v) is 19.5. The molecule has 1 aliphatic heterocycles. The van der Waals surface area contributed by atoms with Crippen LogP contribution in [0.5, 0.6) is 5.75 Å². The van der Waals surface area contributed by atoms with Gasteiger partial charge < -0.3 is 9.64 Å². The number of piperidine rings is 1. The molecule has 5 nitrogen and oxygen atoms in total. The van der Waals surface area contributed by atoms with Crippen LogP contribution in [-0.2, 0) is 17.8 Å². The first-order chi connectivity index (χ1) is 15.2. The Morgan fingerprint density at radius 1 is 1.09 bits per heavy atom. The van der Waals surface area contributed by atoms with E-state index in [2.05, 4.69) is 13.8 Å². The molecule has 1 amide bonds. The number of benzene rings is 2. The summed E-state index contributed by atoms with van der Waals surface area (Å²) in [5.74, 6) is 1.13. The van der Waals surface area contributed by atoms with Crippen molar-refractivity contribution in [1.29, 1.82) is 0 Å². The molecule has 2 aromatic rings. The summed E-state index contributed by atoms with van der Waals surface area (Å²) in [7, 11) is 1.80. The van der Waals surface area contributed by atoms with Gasteiger partial charge in [0.15, 0.2) is 0 Å². The maximum Gasteiger partial charge on any atom is 0.223 e. The van der Waals surface area contributed by atoms with Crippen LogP contribution < -0.4 is 4.74 Å². The Kier molecular flexibility index (Phi) is 8.26. The van der Waals surface area contributed by atoms with Crippen molar-refractivity contribution in [2.45, 2.75) is 52.1 Å². The van der Waals surface area contributed by atoms with Crippen molar-refractivity contribution in [1.82, 2.24) is 4.90 Å². The minimum absolute atomic E-state index is 0.000305. The number of likely N-dealkylation sites (tertiary alicyclic amines) is 1. The standard InChI is InChI=1S/C26H36FN2O3/c1-20(2)19-32-25-11-6-21(7-12-25)8-13-26(30)28(18-22-4-9-23(27)10-5-22)24-14-16-29(3,31)17-15-24/h4-7,9-12,20,24,31H,8,13-19H2,1-3H3/q+1. The van der Waals surface area contributed by atoms with Gasteiger partial charge in [-0.25, -0.2) is 9.60 Å². The van der Waals surface area contributed by atoms with E-state index >= 15 is 0 Å². The summed E-state index contributed by atoms with van der Waals surface area (Å²) in [5, 5.41) is 10.3. The third-order valence-corrected chi connectivity index (χ3v) is 6.05. The van der Waals surface area contributed by atoms with Crippen LogP contribution in [0.3, 0.4) is 0 Å². The average molecular weight is 444 g/mol. The third kappa shape index (κ3) is 7.31. The van der Waals surface area contributed by atoms with Crippen LogP contribution in [0.1, 0.15) is 44.2 Å². The molecule has 32 heavy (non-hydrogen) atoms. The minimum atomic E-state index is -0.279. The Hall–Kier alpha value is -2.44. The number of hydrogen-bond donors (Lipinski definition) is 1. The summed E-state index contributed by atoms with van der Waals surface area (Å²) in [6.07, 6.45) is 2.57. The number of ether oxygens (including phenoxy) is 1. The SMILES string of the molecule is CC(C)COc1ccc(CCC(=O)N(Cc2ccc(F)cc2)C2CC[N+](C)(O)CC2)cc1. The van der Waals surface area contributed by atoms with E-state index in [1.165, 1.54) is 12.1 Å². The fourth-order valence-electron chi connectivity index (χ4n) is 4.04. The van der Waals surface area contributed by atoms with Crippen molar-refractivity contribution in [3.05, 3.63) is 65.5 Å². The smallest absolute Gasteiger partial charge is 0.223 e. The zero-order chi connectivity index (χ0) is 23.1. The number of amides is 1. The monoisotopic (exact) mass is 443 g/mol. The molecule has 1 fully saturated rings. The van der Waals surface area contributed by atoms with Crippen molar-refractivity contribution in [3.63, 3.8) is 0 Å². The van der Waals surface area contributed by atoms with Crippen LogP contribution in [0.2, 0.25) is 0 Å². The van der Waals surface area contributed by atoms with E-state index in [1.807, 2.05) is 29.2 Å². The topological polar surface area (TPSA) is 49.8 Å². The molecular weight excluding hydrogens is 407 g/mol. The van der Waals surface area contributed by atoms with Gasteiger partial charge in [-0.3, -0.25) is 4.79 Å². The Morgan fingerprint density at radius 2 is 1.69 bits per heavy atom. The number of carbonyl (C=O) groups excluding carboxylic acids is 1. The normalized spacial score (nSPS) is 20.9. The van der Waals surface area contributed by atoms with Gasteiger partial charge in [0.05, 0.1) is 13.7 Å². The maximum atomic E-state index is 13.3. The first-order valence-corrected chi connectivity index (χ1v) is 11.5. The summed E-state index contributed by atoms with van der Waals surface area (Å²) in [6.45, 7) is 6.61. The van der Waals surface area contributed by atoms with Crippen LogP contribution in [0.15, 0.2) is 48.5 Å². The number of nitrogens with zero attached hydrogens (tertiary/aromatic N) is 2. The number of hydroxylamine groups is 3. The molecule has 1 N–H and O–H groups in total. The Balaban J connectivity index is 1.63. The summed E-state index contributed by atoms with van der Waals surface area (Å²) < 4.78 is 19.1. The highest BCUT2D eigenvalue weighted by Crippen LogP contribution is 2.23. The largest absolute Gasteiger partial charge is 0.493 e. The number of aryl methyl sites for hydroxylation is 1. The van der Waals surface area contributed by atoms with Gasteiger partial charge in [-0.1, -0.05) is 38.1 Å². The second-order valence-corrected chi connectivity index (χ2v) is 9.51. The molecular formula is C26H36FN2O3+. The lowest BCUT2D eigenvalue weighted by Gasteiger charge is -2.39. The van der Waals surface area contributed by atoms with Crippen LogP contribution in [-0.4, -0.2) is 53.4 Å². The van der Waals surface area contributed by atoms with Gasteiger partial charge in [-0.2, -0.15) is 4.65 Å². The van der Waals surface area contributed by atoms with Crippen molar-refractivity contribution < 1.29 is 23.8 Å². The molecule has 6 heteroatoms. The van der Waals surface area contributed by atoms with E-state index in [1.54, 1.807) is 19.2 Å². The molecule has 0 radical (unpaired) electrons. The second kappa shape index (κ2) is 10.9. The van der Waals surface area contributed by atoms with Gasteiger partial charge in [0.25, 0.3) is 0 Å². The lowest BCUT2D eigenvalue weighted by molar-refractivity contribution is -1.09. The number of quaternary nitrogens is 1. The Morgan fingerprint density at radius 3 is 2.28 bits per heavy atom. The third-order valence-electron chi connectivity index (χ3n) is 6.05. The molecule has 0 unspecified atom stereocenters. The molecule has 1 aliphatic rings. The summed E-state index contributed by atoms with van der Waals surface area (Å²) >= 11 is 0. The van der Waals surface area contributed by atoms with Crippen molar-refractivity contribution in [2.24, 2.45) is 5.92 Å². The summed E-state index contributed by atoms with van der Waals surface area (Å²) in [4.78, 5) is 15.2. The molecule has 0 saturated carbocycles. The van der Waals surface area contributed by atoms with E-state index in [-0.39, 0.29) is 22.4 Å². The van der Waals surface area contributed by atoms with Gasteiger partial charge in [0.2, 0.25) is 5.91 Å². The van der Waals surface area contributed by atoms with Gasteiger partial charge >= 0.3 is 0 Å². The second-order valence-electron chi connectivity index (χ2n) is 9.51. The molecule has 0 spiro atoms. The molecule has 1 heterocycles. The van der Waals surface area contributed by atoms with E-state index in [4.69, 9.17) is 4.74 Å². The highest BCUT2D eigenvalue weighted by atomic mass is 19.1. The minimum Gasteiger partial charge on any atom is -0.493 e. The van der Waals surface area contributed by atoms with E-state index in [9.17, 15) is 14.4 Å².